The van der Waals surface area contributed by atoms with E-state index in [-0.39, 0.29) is 5.91 Å². The number of nitrogens with one attached hydrogen (secondary N) is 1. The molecule has 0 atom stereocenters. The quantitative estimate of drug-likeness (QED) is 0.350. The standard InChI is InChI=1S/C24H21N3O4/c1-3-30-22-11-10-16(13-23(22)29-2)15-25-27-24(28)18-14-20(21-9-6-12-31-21)26-19-8-5-4-7-17(18)19/h4-15H,3H2,1-2H3,(H,27,28)/b25-15-. The predicted octanol–water partition coefficient (Wildman–Crippen LogP) is 4.67. The van der Waals surface area contributed by atoms with E-state index in [1.54, 1.807) is 49.9 Å². The molecule has 0 saturated carbocycles. The van der Waals surface area contributed by atoms with Crippen molar-refractivity contribution in [1.29, 1.82) is 0 Å². The number of amides is 1. The highest BCUT2D eigenvalue weighted by molar-refractivity contribution is 6.07. The van der Waals surface area contributed by atoms with E-state index in [0.29, 0.717) is 40.6 Å². The summed E-state index contributed by atoms with van der Waals surface area (Å²) < 4.78 is 16.3. The zero-order valence-corrected chi connectivity index (χ0v) is 17.2. The lowest BCUT2D eigenvalue weighted by Gasteiger charge is -2.09. The molecule has 0 spiro atoms. The highest BCUT2D eigenvalue weighted by Gasteiger charge is 2.14. The number of benzene rings is 2. The first-order chi connectivity index (χ1) is 15.2. The minimum Gasteiger partial charge on any atom is -0.493 e. The molecule has 7 heteroatoms. The lowest BCUT2D eigenvalue weighted by molar-refractivity contribution is 0.0956. The number of nitrogens with zero attached hydrogens (tertiary/aromatic N) is 2. The van der Waals surface area contributed by atoms with E-state index in [9.17, 15) is 4.79 Å². The highest BCUT2D eigenvalue weighted by Crippen LogP contribution is 2.28. The summed E-state index contributed by atoms with van der Waals surface area (Å²) in [5.41, 5.74) is 5.08. The molecule has 0 aliphatic heterocycles. The number of carbonyl (C=O) groups excluding carboxylic acids is 1. The fourth-order valence-electron chi connectivity index (χ4n) is 3.18. The van der Waals surface area contributed by atoms with Gasteiger partial charge in [-0.15, -0.1) is 0 Å². The molecule has 2 heterocycles. The molecule has 0 aliphatic carbocycles. The van der Waals surface area contributed by atoms with Crippen LogP contribution in [0.4, 0.5) is 0 Å². The number of fused-ring (bicyclic) bond motifs is 1. The number of ether oxygens (including phenoxy) is 2. The van der Waals surface area contributed by atoms with Crippen molar-refractivity contribution in [2.45, 2.75) is 6.92 Å². The maximum Gasteiger partial charge on any atom is 0.272 e. The second-order valence-electron chi connectivity index (χ2n) is 6.59. The Kier molecular flexibility index (Phi) is 5.93. The predicted molar refractivity (Wildman–Crippen MR) is 119 cm³/mol. The number of methoxy groups -OCH3 is 1. The van der Waals surface area contributed by atoms with Gasteiger partial charge in [-0.25, -0.2) is 10.4 Å². The van der Waals surface area contributed by atoms with Gasteiger partial charge >= 0.3 is 0 Å². The SMILES string of the molecule is CCOc1ccc(/C=N\NC(=O)c2cc(-c3ccco3)nc3ccccc23)cc1OC. The van der Waals surface area contributed by atoms with Crippen LogP contribution >= 0.6 is 0 Å². The highest BCUT2D eigenvalue weighted by atomic mass is 16.5. The van der Waals surface area contributed by atoms with Crippen LogP contribution in [0.3, 0.4) is 0 Å². The van der Waals surface area contributed by atoms with Gasteiger partial charge in [0.05, 0.1) is 37.3 Å². The minimum atomic E-state index is -0.347. The summed E-state index contributed by atoms with van der Waals surface area (Å²) in [4.78, 5) is 17.5. The van der Waals surface area contributed by atoms with Gasteiger partial charge in [0.15, 0.2) is 17.3 Å². The van der Waals surface area contributed by atoms with E-state index in [1.807, 2.05) is 37.3 Å². The first kappa shape index (κ1) is 20.2. The molecule has 1 amide bonds. The van der Waals surface area contributed by atoms with Crippen molar-refractivity contribution in [2.24, 2.45) is 5.10 Å². The maximum absolute atomic E-state index is 12.9. The second kappa shape index (κ2) is 9.13. The smallest absolute Gasteiger partial charge is 0.272 e. The molecule has 0 unspecified atom stereocenters. The lowest BCUT2D eigenvalue weighted by atomic mass is 10.1. The van der Waals surface area contributed by atoms with Crippen LogP contribution < -0.4 is 14.9 Å². The average Bonchev–Trinajstić information content (AvgIpc) is 3.34. The van der Waals surface area contributed by atoms with Crippen molar-refractivity contribution in [2.75, 3.05) is 13.7 Å². The lowest BCUT2D eigenvalue weighted by Crippen LogP contribution is -2.18. The van der Waals surface area contributed by atoms with Crippen molar-refractivity contribution in [3.63, 3.8) is 0 Å². The summed E-state index contributed by atoms with van der Waals surface area (Å²) >= 11 is 0. The van der Waals surface area contributed by atoms with Gasteiger partial charge in [0.25, 0.3) is 5.91 Å². The Labute approximate surface area is 179 Å². The average molecular weight is 415 g/mol. The maximum atomic E-state index is 12.9. The molecule has 0 bridgehead atoms. The monoisotopic (exact) mass is 415 g/mol. The number of carbonyl (C=O) groups is 1. The van der Waals surface area contributed by atoms with E-state index in [2.05, 4.69) is 15.5 Å². The van der Waals surface area contributed by atoms with Crippen LogP contribution in [-0.2, 0) is 0 Å². The number of para-hydroxylation sites is 1. The van der Waals surface area contributed by atoms with Crippen LogP contribution in [-0.4, -0.2) is 30.8 Å². The first-order valence-electron chi connectivity index (χ1n) is 9.77. The molecule has 2 aromatic heterocycles. The van der Waals surface area contributed by atoms with Crippen LogP contribution in [0.1, 0.15) is 22.8 Å². The summed E-state index contributed by atoms with van der Waals surface area (Å²) in [7, 11) is 1.58. The number of hydrogen-bond acceptors (Lipinski definition) is 6. The summed E-state index contributed by atoms with van der Waals surface area (Å²) in [5.74, 6) is 1.49. The number of pyridine rings is 1. The van der Waals surface area contributed by atoms with Gasteiger partial charge in [-0.3, -0.25) is 4.79 Å². The molecule has 4 rings (SSSR count). The van der Waals surface area contributed by atoms with Crippen LogP contribution in [0.2, 0.25) is 0 Å². The first-order valence-corrected chi connectivity index (χ1v) is 9.77. The molecule has 4 aromatic rings. The molecule has 156 valence electrons. The third kappa shape index (κ3) is 4.40. The van der Waals surface area contributed by atoms with Gasteiger partial charge in [0.2, 0.25) is 0 Å². The number of hydrogen-bond donors (Lipinski definition) is 1. The van der Waals surface area contributed by atoms with E-state index >= 15 is 0 Å². The second-order valence-corrected chi connectivity index (χ2v) is 6.59. The summed E-state index contributed by atoms with van der Waals surface area (Å²) in [6.07, 6.45) is 3.12. The summed E-state index contributed by atoms with van der Waals surface area (Å²) in [6.45, 7) is 2.45. The molecule has 7 nitrogen and oxygen atoms in total. The van der Waals surface area contributed by atoms with Crippen molar-refractivity contribution >= 4 is 23.0 Å². The van der Waals surface area contributed by atoms with Crippen molar-refractivity contribution in [3.05, 3.63) is 78.1 Å². The molecule has 0 aliphatic rings. The van der Waals surface area contributed by atoms with E-state index < -0.39 is 0 Å². The molecular formula is C24H21N3O4. The normalized spacial score (nSPS) is 11.0. The Balaban J connectivity index is 1.59. The third-order valence-electron chi connectivity index (χ3n) is 4.60. The fraction of sp³-hybridized carbons (Fsp3) is 0.125. The number of furan rings is 1. The van der Waals surface area contributed by atoms with Crippen molar-refractivity contribution in [3.8, 4) is 23.0 Å². The molecule has 0 radical (unpaired) electrons. The molecular weight excluding hydrogens is 394 g/mol. The van der Waals surface area contributed by atoms with E-state index in [0.717, 1.165) is 10.9 Å². The van der Waals surface area contributed by atoms with Gasteiger partial charge in [-0.05, 0) is 55.0 Å². The Morgan fingerprint density at radius 3 is 2.77 bits per heavy atom. The molecule has 1 N–H and O–H groups in total. The van der Waals surface area contributed by atoms with E-state index in [4.69, 9.17) is 13.9 Å². The number of aromatic nitrogens is 1. The van der Waals surface area contributed by atoms with Gasteiger partial charge in [-0.1, -0.05) is 18.2 Å². The van der Waals surface area contributed by atoms with Crippen LogP contribution in [0.5, 0.6) is 11.5 Å². The summed E-state index contributed by atoms with van der Waals surface area (Å²) in [5, 5.41) is 4.83. The Morgan fingerprint density at radius 1 is 1.13 bits per heavy atom. The van der Waals surface area contributed by atoms with Crippen molar-refractivity contribution in [1.82, 2.24) is 10.4 Å². The molecule has 31 heavy (non-hydrogen) atoms. The van der Waals surface area contributed by atoms with Gasteiger partial charge in [0.1, 0.15) is 5.69 Å². The molecule has 0 saturated heterocycles. The fourth-order valence-corrected chi connectivity index (χ4v) is 3.18. The molecule has 2 aromatic carbocycles. The zero-order valence-electron chi connectivity index (χ0n) is 17.2. The number of hydrazone groups is 1. The molecule has 0 fully saturated rings. The van der Waals surface area contributed by atoms with Gasteiger partial charge in [-0.2, -0.15) is 5.10 Å². The Hall–Kier alpha value is -4.13. The number of rotatable bonds is 7. The van der Waals surface area contributed by atoms with Crippen LogP contribution in [0.15, 0.2) is 76.4 Å². The zero-order chi connectivity index (χ0) is 21.6. The third-order valence-corrected chi connectivity index (χ3v) is 4.60. The van der Waals surface area contributed by atoms with Crippen LogP contribution in [0.25, 0.3) is 22.4 Å². The van der Waals surface area contributed by atoms with Gasteiger partial charge in [0, 0.05) is 5.39 Å². The van der Waals surface area contributed by atoms with Crippen molar-refractivity contribution < 1.29 is 18.7 Å². The van der Waals surface area contributed by atoms with Crippen LogP contribution in [0, 0.1) is 0 Å². The largest absolute Gasteiger partial charge is 0.493 e. The topological polar surface area (TPSA) is 86.0 Å². The summed E-state index contributed by atoms with van der Waals surface area (Å²) in [6, 6.07) is 18.2. The minimum absolute atomic E-state index is 0.347. The Bertz CT molecular complexity index is 1230. The van der Waals surface area contributed by atoms with Gasteiger partial charge < -0.3 is 13.9 Å². The Morgan fingerprint density at radius 2 is 2.00 bits per heavy atom. The van der Waals surface area contributed by atoms with E-state index in [1.165, 1.54) is 0 Å².